The average Bonchev–Trinajstić information content (AvgIpc) is 2.92. The minimum Gasteiger partial charge on any atom is -0.508 e. The molecule has 5 atom stereocenters. The summed E-state index contributed by atoms with van der Waals surface area (Å²) in [5.74, 6) is -6.11. The second-order valence-corrected chi connectivity index (χ2v) is 10.5. The van der Waals surface area contributed by atoms with Gasteiger partial charge >= 0.3 is 5.79 Å². The molecule has 9 N–H and O–H groups in total. The van der Waals surface area contributed by atoms with E-state index in [0.29, 0.717) is 5.56 Å². The maximum Gasteiger partial charge on any atom is 0.305 e. The Hall–Kier alpha value is -5.20. The summed E-state index contributed by atoms with van der Waals surface area (Å²) in [4.78, 5) is 0. The molecule has 0 spiro atoms. The summed E-state index contributed by atoms with van der Waals surface area (Å²) in [6, 6.07) is 11.1. The van der Waals surface area contributed by atoms with Gasteiger partial charge in [-0.25, -0.2) is 0 Å². The smallest absolute Gasteiger partial charge is 0.305 e. The largest absolute Gasteiger partial charge is 0.508 e. The molecular formula is C30H24O12. The fourth-order valence-corrected chi connectivity index (χ4v) is 6.09. The lowest BCUT2D eigenvalue weighted by molar-refractivity contribution is -0.219. The summed E-state index contributed by atoms with van der Waals surface area (Å²) in [6.45, 7) is 0. The summed E-state index contributed by atoms with van der Waals surface area (Å²) in [5, 5.41) is 95.1. The first-order valence-electron chi connectivity index (χ1n) is 12.9. The molecule has 4 aromatic rings. The maximum atomic E-state index is 11.9. The van der Waals surface area contributed by atoms with Crippen LogP contribution in [-0.2, 0) is 12.2 Å². The summed E-state index contributed by atoms with van der Waals surface area (Å²) >= 11 is 0. The summed E-state index contributed by atoms with van der Waals surface area (Å²) in [5.41, 5.74) is 0.842. The molecule has 2 bridgehead atoms. The number of hydrogen-bond donors (Lipinski definition) is 9. The van der Waals surface area contributed by atoms with Crippen LogP contribution in [0.1, 0.15) is 39.8 Å². The van der Waals surface area contributed by atoms with Crippen molar-refractivity contribution in [3.8, 4) is 57.5 Å². The highest BCUT2D eigenvalue weighted by molar-refractivity contribution is 5.68. The molecule has 0 fully saturated rings. The lowest BCUT2D eigenvalue weighted by Gasteiger charge is -2.50. The van der Waals surface area contributed by atoms with E-state index in [-0.39, 0.29) is 63.2 Å². The van der Waals surface area contributed by atoms with Crippen LogP contribution in [0.15, 0.2) is 54.6 Å². The fourth-order valence-electron chi connectivity index (χ4n) is 6.09. The molecule has 0 radical (unpaired) electrons. The first-order chi connectivity index (χ1) is 20.0. The Bertz CT molecular complexity index is 1790. The third-order valence-electron chi connectivity index (χ3n) is 8.03. The van der Waals surface area contributed by atoms with E-state index in [2.05, 4.69) is 0 Å². The van der Waals surface area contributed by atoms with Gasteiger partial charge in [0.25, 0.3) is 0 Å². The van der Waals surface area contributed by atoms with Crippen molar-refractivity contribution in [1.82, 2.24) is 0 Å². The van der Waals surface area contributed by atoms with E-state index < -0.39 is 53.0 Å². The number of fused-ring (bicyclic) bond motifs is 8. The van der Waals surface area contributed by atoms with Crippen molar-refractivity contribution in [3.05, 3.63) is 82.4 Å². The molecule has 7 rings (SSSR count). The molecule has 0 saturated heterocycles. The minimum atomic E-state index is -2.09. The zero-order valence-corrected chi connectivity index (χ0v) is 21.5. The monoisotopic (exact) mass is 576 g/mol. The van der Waals surface area contributed by atoms with Gasteiger partial charge in [-0.05, 0) is 35.9 Å². The van der Waals surface area contributed by atoms with E-state index in [9.17, 15) is 46.0 Å². The molecule has 216 valence electrons. The molecule has 3 aliphatic heterocycles. The van der Waals surface area contributed by atoms with Crippen molar-refractivity contribution in [2.45, 2.75) is 36.4 Å². The quantitative estimate of drug-likeness (QED) is 0.158. The average molecular weight is 577 g/mol. The van der Waals surface area contributed by atoms with E-state index in [1.165, 1.54) is 42.5 Å². The summed E-state index contributed by atoms with van der Waals surface area (Å²) in [6.07, 6.45) is -4.00. The number of aromatic hydroxyl groups is 7. The van der Waals surface area contributed by atoms with E-state index in [1.54, 1.807) is 0 Å². The van der Waals surface area contributed by atoms with Gasteiger partial charge in [0.2, 0.25) is 0 Å². The molecule has 0 aromatic heterocycles. The Kier molecular flexibility index (Phi) is 5.30. The molecule has 12 nitrogen and oxygen atoms in total. The molecule has 3 aliphatic rings. The van der Waals surface area contributed by atoms with Gasteiger partial charge in [-0.3, -0.25) is 0 Å². The zero-order valence-electron chi connectivity index (χ0n) is 21.5. The lowest BCUT2D eigenvalue weighted by Crippen LogP contribution is -2.57. The number of hydrogen-bond acceptors (Lipinski definition) is 12. The van der Waals surface area contributed by atoms with Crippen molar-refractivity contribution in [2.75, 3.05) is 0 Å². The van der Waals surface area contributed by atoms with E-state index in [1.807, 2.05) is 0 Å². The van der Waals surface area contributed by atoms with Crippen molar-refractivity contribution in [3.63, 3.8) is 0 Å². The predicted molar refractivity (Wildman–Crippen MR) is 141 cm³/mol. The van der Waals surface area contributed by atoms with Crippen LogP contribution in [-0.4, -0.2) is 58.2 Å². The standard InChI is InChI=1S/C30H24O12/c31-13-7-20(37)24-22(8-13)41-30(12-2-4-16(33)19(36)6-12)29(39)26(24)25-23(42-30)10-17(34)14-9-21(38)27(40-28(14)25)11-1-3-15(32)18(35)5-11/h1-8,10,21,26-27,29,31-39H,9H2/t21?,26-,27?,29+,30+/m0/s1. The van der Waals surface area contributed by atoms with Crippen molar-refractivity contribution < 1.29 is 60.2 Å². The molecule has 4 aromatic carbocycles. The maximum absolute atomic E-state index is 11.9. The van der Waals surface area contributed by atoms with Crippen molar-refractivity contribution in [1.29, 1.82) is 0 Å². The van der Waals surface area contributed by atoms with E-state index >= 15 is 0 Å². The fraction of sp³-hybridized carbons (Fsp3) is 0.200. The van der Waals surface area contributed by atoms with Crippen molar-refractivity contribution >= 4 is 0 Å². The molecule has 0 amide bonds. The molecule has 0 saturated carbocycles. The van der Waals surface area contributed by atoms with Crippen LogP contribution >= 0.6 is 0 Å². The Morgan fingerprint density at radius 3 is 2.00 bits per heavy atom. The second-order valence-electron chi connectivity index (χ2n) is 10.5. The van der Waals surface area contributed by atoms with Gasteiger partial charge in [0.15, 0.2) is 23.0 Å². The number of ether oxygens (including phenoxy) is 3. The number of benzene rings is 4. The minimum absolute atomic E-state index is 0.0177. The first-order valence-corrected chi connectivity index (χ1v) is 12.9. The molecular weight excluding hydrogens is 552 g/mol. The Morgan fingerprint density at radius 1 is 0.643 bits per heavy atom. The summed E-state index contributed by atoms with van der Waals surface area (Å²) < 4.78 is 18.6. The number of aliphatic hydroxyl groups is 2. The van der Waals surface area contributed by atoms with Crippen LogP contribution < -0.4 is 14.2 Å². The highest BCUT2D eigenvalue weighted by atomic mass is 16.7. The Morgan fingerprint density at radius 2 is 1.31 bits per heavy atom. The van der Waals surface area contributed by atoms with Gasteiger partial charge in [0.1, 0.15) is 46.7 Å². The zero-order chi connectivity index (χ0) is 29.7. The van der Waals surface area contributed by atoms with Crippen LogP contribution in [0, 0.1) is 0 Å². The topological polar surface area (TPSA) is 210 Å². The third kappa shape index (κ3) is 3.49. The lowest BCUT2D eigenvalue weighted by atomic mass is 9.74. The van der Waals surface area contributed by atoms with Crippen LogP contribution in [0.5, 0.6) is 57.5 Å². The third-order valence-corrected chi connectivity index (χ3v) is 8.03. The first kappa shape index (κ1) is 25.7. The SMILES string of the molecule is Oc1cc(O)c2c(c1)O[C@]1(c3ccc(O)c(O)c3)Oc3cc(O)c4c(c3[C@H]2[C@H]1O)OC(c1ccc(O)c(O)c1)C(O)C4. The van der Waals surface area contributed by atoms with E-state index in [0.717, 1.165) is 12.1 Å². The Balaban J connectivity index is 1.47. The van der Waals surface area contributed by atoms with Gasteiger partial charge in [-0.2, -0.15) is 0 Å². The normalized spacial score (nSPS) is 25.2. The number of rotatable bonds is 2. The van der Waals surface area contributed by atoms with Crippen molar-refractivity contribution in [2.24, 2.45) is 0 Å². The van der Waals surface area contributed by atoms with Gasteiger partial charge < -0.3 is 60.2 Å². The van der Waals surface area contributed by atoms with Crippen LogP contribution in [0.4, 0.5) is 0 Å². The van der Waals surface area contributed by atoms with Gasteiger partial charge in [-0.15, -0.1) is 0 Å². The summed E-state index contributed by atoms with van der Waals surface area (Å²) in [7, 11) is 0. The van der Waals surface area contributed by atoms with Crippen LogP contribution in [0.3, 0.4) is 0 Å². The highest BCUT2D eigenvalue weighted by Gasteiger charge is 2.60. The number of phenolic OH excluding ortho intramolecular Hbond substituents is 7. The molecule has 2 unspecified atom stereocenters. The molecule has 12 heteroatoms. The van der Waals surface area contributed by atoms with Gasteiger partial charge in [0, 0.05) is 46.9 Å². The number of aliphatic hydroxyl groups excluding tert-OH is 2. The number of phenols is 7. The van der Waals surface area contributed by atoms with Gasteiger partial charge in [-0.1, -0.05) is 6.07 Å². The van der Waals surface area contributed by atoms with E-state index in [4.69, 9.17) is 14.2 Å². The predicted octanol–water partition coefficient (Wildman–Crippen LogP) is 2.79. The van der Waals surface area contributed by atoms with Crippen LogP contribution in [0.2, 0.25) is 0 Å². The molecule has 42 heavy (non-hydrogen) atoms. The van der Waals surface area contributed by atoms with Crippen LogP contribution in [0.25, 0.3) is 0 Å². The molecule has 3 heterocycles. The Labute approximate surface area is 236 Å². The molecule has 0 aliphatic carbocycles. The van der Waals surface area contributed by atoms with Gasteiger partial charge in [0.05, 0.1) is 12.0 Å². The second kappa shape index (κ2) is 8.65. The highest BCUT2D eigenvalue weighted by Crippen LogP contribution is 2.62.